The predicted molar refractivity (Wildman–Crippen MR) is 73.7 cm³/mol. The lowest BCUT2D eigenvalue weighted by molar-refractivity contribution is 0.0947. The van der Waals surface area contributed by atoms with Crippen molar-refractivity contribution in [3.05, 3.63) is 69.7 Å². The number of aryl methyl sites for hydroxylation is 1. The van der Waals surface area contributed by atoms with E-state index in [1.54, 1.807) is 19.1 Å². The Morgan fingerprint density at radius 1 is 1.20 bits per heavy atom. The van der Waals surface area contributed by atoms with Crippen LogP contribution >= 0.6 is 11.6 Å². The zero-order chi connectivity index (χ0) is 14.7. The van der Waals surface area contributed by atoms with Crippen molar-refractivity contribution in [3.8, 4) is 0 Å². The summed E-state index contributed by atoms with van der Waals surface area (Å²) in [5.41, 5.74) is 0.910. The van der Waals surface area contributed by atoms with Crippen LogP contribution in [0, 0.1) is 18.6 Å². The van der Waals surface area contributed by atoms with Crippen molar-refractivity contribution in [2.75, 3.05) is 0 Å². The van der Waals surface area contributed by atoms with Gasteiger partial charge in [-0.25, -0.2) is 8.78 Å². The molecule has 0 heterocycles. The van der Waals surface area contributed by atoms with Gasteiger partial charge >= 0.3 is 0 Å². The smallest absolute Gasteiger partial charge is 0.256 e. The molecule has 0 atom stereocenters. The average molecular weight is 296 g/mol. The zero-order valence-corrected chi connectivity index (χ0v) is 11.5. The number of carbonyl (C=O) groups is 1. The predicted octanol–water partition coefficient (Wildman–Crippen LogP) is 3.86. The molecule has 1 amide bonds. The molecule has 2 nitrogen and oxygen atoms in total. The second kappa shape index (κ2) is 6.01. The van der Waals surface area contributed by atoms with Gasteiger partial charge in [0.1, 0.15) is 11.6 Å². The molecule has 5 heteroatoms. The number of benzene rings is 2. The highest BCUT2D eigenvalue weighted by atomic mass is 35.5. The van der Waals surface area contributed by atoms with Gasteiger partial charge < -0.3 is 5.32 Å². The van der Waals surface area contributed by atoms with Crippen LogP contribution in [0.2, 0.25) is 5.02 Å². The molecule has 0 saturated carbocycles. The Bertz CT molecular complexity index is 638. The Balaban J connectivity index is 2.11. The van der Waals surface area contributed by atoms with Crippen molar-refractivity contribution in [2.45, 2.75) is 13.5 Å². The molecular formula is C15H12ClF2NO. The number of hydrogen-bond donors (Lipinski definition) is 1. The van der Waals surface area contributed by atoms with E-state index in [4.69, 9.17) is 11.6 Å². The molecule has 0 aliphatic rings. The molecule has 0 spiro atoms. The Morgan fingerprint density at radius 3 is 2.60 bits per heavy atom. The summed E-state index contributed by atoms with van der Waals surface area (Å²) in [6.07, 6.45) is 0. The molecule has 0 bridgehead atoms. The molecule has 0 aromatic heterocycles. The maximum atomic E-state index is 13.5. The van der Waals surface area contributed by atoms with Crippen LogP contribution in [0.1, 0.15) is 21.5 Å². The fraction of sp³-hybridized carbons (Fsp3) is 0.133. The molecule has 2 aromatic rings. The second-order valence-electron chi connectivity index (χ2n) is 4.36. The van der Waals surface area contributed by atoms with Gasteiger partial charge in [-0.1, -0.05) is 29.8 Å². The summed E-state index contributed by atoms with van der Waals surface area (Å²) in [5, 5.41) is 2.55. The summed E-state index contributed by atoms with van der Waals surface area (Å²) >= 11 is 5.79. The molecule has 0 aliphatic heterocycles. The summed E-state index contributed by atoms with van der Waals surface area (Å²) in [5.74, 6) is -1.67. The molecule has 20 heavy (non-hydrogen) atoms. The first kappa shape index (κ1) is 14.5. The van der Waals surface area contributed by atoms with E-state index >= 15 is 0 Å². The van der Waals surface area contributed by atoms with Gasteiger partial charge in [0.05, 0.1) is 10.6 Å². The minimum atomic E-state index is -0.690. The van der Waals surface area contributed by atoms with Crippen LogP contribution in [0.3, 0.4) is 0 Å². The van der Waals surface area contributed by atoms with Crippen LogP contribution in [-0.2, 0) is 6.54 Å². The van der Waals surface area contributed by atoms with E-state index in [2.05, 4.69) is 5.32 Å². The van der Waals surface area contributed by atoms with Crippen molar-refractivity contribution < 1.29 is 13.6 Å². The summed E-state index contributed by atoms with van der Waals surface area (Å²) in [6.45, 7) is 1.75. The highest BCUT2D eigenvalue weighted by Gasteiger charge is 2.15. The molecular weight excluding hydrogens is 284 g/mol. The Kier molecular flexibility index (Phi) is 4.35. The van der Waals surface area contributed by atoms with Crippen molar-refractivity contribution in [2.24, 2.45) is 0 Å². The monoisotopic (exact) mass is 295 g/mol. The lowest BCUT2D eigenvalue weighted by atomic mass is 10.1. The number of hydrogen-bond acceptors (Lipinski definition) is 1. The Hall–Kier alpha value is -1.94. The van der Waals surface area contributed by atoms with E-state index in [1.807, 2.05) is 0 Å². The second-order valence-corrected chi connectivity index (χ2v) is 4.77. The lowest BCUT2D eigenvalue weighted by Gasteiger charge is -2.08. The normalized spacial score (nSPS) is 10.4. The number of carbonyl (C=O) groups excluding carboxylic acids is 1. The summed E-state index contributed by atoms with van der Waals surface area (Å²) in [7, 11) is 0. The minimum absolute atomic E-state index is 0.0394. The van der Waals surface area contributed by atoms with Gasteiger partial charge in [0.2, 0.25) is 0 Å². The third-order valence-corrected chi connectivity index (χ3v) is 3.19. The third kappa shape index (κ3) is 3.14. The van der Waals surface area contributed by atoms with E-state index in [9.17, 15) is 13.6 Å². The van der Waals surface area contributed by atoms with Crippen LogP contribution in [0.25, 0.3) is 0 Å². The van der Waals surface area contributed by atoms with Gasteiger partial charge in [-0.05, 0) is 36.2 Å². The van der Waals surface area contributed by atoms with Crippen molar-refractivity contribution in [3.63, 3.8) is 0 Å². The van der Waals surface area contributed by atoms with Crippen molar-refractivity contribution >= 4 is 17.5 Å². The van der Waals surface area contributed by atoms with Gasteiger partial charge in [0.25, 0.3) is 5.91 Å². The quantitative estimate of drug-likeness (QED) is 0.915. The molecule has 1 N–H and O–H groups in total. The van der Waals surface area contributed by atoms with E-state index in [1.165, 1.54) is 18.2 Å². The van der Waals surface area contributed by atoms with Gasteiger partial charge in [-0.3, -0.25) is 4.79 Å². The first-order valence-electron chi connectivity index (χ1n) is 5.96. The summed E-state index contributed by atoms with van der Waals surface area (Å²) in [6, 6.07) is 8.66. The van der Waals surface area contributed by atoms with Crippen LogP contribution in [0.4, 0.5) is 8.78 Å². The van der Waals surface area contributed by atoms with E-state index in [-0.39, 0.29) is 22.9 Å². The fourth-order valence-corrected chi connectivity index (χ4v) is 1.98. The van der Waals surface area contributed by atoms with E-state index in [0.29, 0.717) is 11.1 Å². The number of rotatable bonds is 3. The maximum absolute atomic E-state index is 13.5. The highest BCUT2D eigenvalue weighted by Crippen LogP contribution is 2.19. The molecule has 2 aromatic carbocycles. The largest absolute Gasteiger partial charge is 0.348 e. The molecule has 2 rings (SSSR count). The average Bonchev–Trinajstić information content (AvgIpc) is 2.40. The van der Waals surface area contributed by atoms with Gasteiger partial charge in [0.15, 0.2) is 0 Å². The van der Waals surface area contributed by atoms with E-state index in [0.717, 1.165) is 6.07 Å². The molecule has 0 aliphatic carbocycles. The Morgan fingerprint density at radius 2 is 1.95 bits per heavy atom. The van der Waals surface area contributed by atoms with Crippen molar-refractivity contribution in [1.29, 1.82) is 0 Å². The van der Waals surface area contributed by atoms with Crippen molar-refractivity contribution in [1.82, 2.24) is 5.32 Å². The molecule has 0 saturated heterocycles. The summed E-state index contributed by atoms with van der Waals surface area (Å²) in [4.78, 5) is 11.9. The SMILES string of the molecule is Cc1ccc(CNC(=O)c2c(F)cccc2Cl)cc1F. The molecule has 0 fully saturated rings. The number of nitrogens with one attached hydrogen (secondary N) is 1. The van der Waals surface area contributed by atoms with Gasteiger partial charge in [-0.2, -0.15) is 0 Å². The van der Waals surface area contributed by atoms with E-state index < -0.39 is 11.7 Å². The molecule has 0 radical (unpaired) electrons. The fourth-order valence-electron chi connectivity index (χ4n) is 1.73. The summed E-state index contributed by atoms with van der Waals surface area (Å²) < 4.78 is 26.9. The first-order chi connectivity index (χ1) is 9.49. The minimum Gasteiger partial charge on any atom is -0.348 e. The van der Waals surface area contributed by atoms with Crippen LogP contribution < -0.4 is 5.32 Å². The molecule has 104 valence electrons. The third-order valence-electron chi connectivity index (χ3n) is 2.88. The zero-order valence-electron chi connectivity index (χ0n) is 10.7. The highest BCUT2D eigenvalue weighted by molar-refractivity contribution is 6.33. The topological polar surface area (TPSA) is 29.1 Å². The molecule has 0 unspecified atom stereocenters. The van der Waals surface area contributed by atoms with Gasteiger partial charge in [-0.15, -0.1) is 0 Å². The van der Waals surface area contributed by atoms with Crippen LogP contribution in [0.5, 0.6) is 0 Å². The maximum Gasteiger partial charge on any atom is 0.256 e. The number of amides is 1. The standard InChI is InChI=1S/C15H12ClF2NO/c1-9-5-6-10(7-13(9)18)8-19-15(20)14-11(16)3-2-4-12(14)17/h2-7H,8H2,1H3,(H,19,20). The Labute approximate surface area is 120 Å². The number of halogens is 3. The lowest BCUT2D eigenvalue weighted by Crippen LogP contribution is -2.24. The first-order valence-corrected chi connectivity index (χ1v) is 6.34. The van der Waals surface area contributed by atoms with Crippen LogP contribution in [-0.4, -0.2) is 5.91 Å². The van der Waals surface area contributed by atoms with Gasteiger partial charge in [0, 0.05) is 6.54 Å². The van der Waals surface area contributed by atoms with Crippen LogP contribution in [0.15, 0.2) is 36.4 Å².